The SMILES string of the molecule is CC(=O)N(C)c1cccc(C(O)(C(N)=O)c2ccccc2)c1. The predicted molar refractivity (Wildman–Crippen MR) is 84.2 cm³/mol. The van der Waals surface area contributed by atoms with Crippen LogP contribution in [0.3, 0.4) is 0 Å². The maximum atomic E-state index is 11.9. The van der Waals surface area contributed by atoms with Crippen LogP contribution in [0.4, 0.5) is 5.69 Å². The normalized spacial score (nSPS) is 13.2. The summed E-state index contributed by atoms with van der Waals surface area (Å²) in [5.41, 5.74) is 4.77. The number of carbonyl (C=O) groups is 2. The van der Waals surface area contributed by atoms with Gasteiger partial charge in [0.1, 0.15) is 0 Å². The zero-order valence-corrected chi connectivity index (χ0v) is 12.5. The lowest BCUT2D eigenvalue weighted by molar-refractivity contribution is -0.133. The van der Waals surface area contributed by atoms with Gasteiger partial charge in [0.2, 0.25) is 5.91 Å². The molecular formula is C17H18N2O3. The second kappa shape index (κ2) is 5.99. The zero-order chi connectivity index (χ0) is 16.3. The van der Waals surface area contributed by atoms with E-state index in [4.69, 9.17) is 5.73 Å². The van der Waals surface area contributed by atoms with Gasteiger partial charge in [-0.05, 0) is 23.3 Å². The van der Waals surface area contributed by atoms with Crippen LogP contribution in [0.5, 0.6) is 0 Å². The number of amides is 2. The lowest BCUT2D eigenvalue weighted by atomic mass is 9.85. The second-order valence-electron chi connectivity index (χ2n) is 5.07. The molecule has 22 heavy (non-hydrogen) atoms. The number of carbonyl (C=O) groups excluding carboxylic acids is 2. The summed E-state index contributed by atoms with van der Waals surface area (Å²) in [4.78, 5) is 24.8. The summed E-state index contributed by atoms with van der Waals surface area (Å²) in [7, 11) is 1.62. The van der Waals surface area contributed by atoms with E-state index in [2.05, 4.69) is 0 Å². The molecule has 0 saturated heterocycles. The molecule has 3 N–H and O–H groups in total. The number of anilines is 1. The summed E-state index contributed by atoms with van der Waals surface area (Å²) in [6, 6.07) is 15.1. The molecule has 0 spiro atoms. The number of hydrogen-bond acceptors (Lipinski definition) is 3. The third-order valence-electron chi connectivity index (χ3n) is 3.67. The molecule has 0 heterocycles. The van der Waals surface area contributed by atoms with E-state index < -0.39 is 11.5 Å². The molecule has 0 aliphatic heterocycles. The van der Waals surface area contributed by atoms with E-state index in [0.29, 0.717) is 16.8 Å². The van der Waals surface area contributed by atoms with Crippen LogP contribution in [0, 0.1) is 0 Å². The van der Waals surface area contributed by atoms with Crippen LogP contribution in [0.1, 0.15) is 18.1 Å². The summed E-state index contributed by atoms with van der Waals surface area (Å²) >= 11 is 0. The average molecular weight is 298 g/mol. The van der Waals surface area contributed by atoms with Crippen molar-refractivity contribution in [2.45, 2.75) is 12.5 Å². The number of hydrogen-bond donors (Lipinski definition) is 2. The maximum absolute atomic E-state index is 11.9. The highest BCUT2D eigenvalue weighted by molar-refractivity contribution is 5.92. The molecule has 114 valence electrons. The molecule has 5 heteroatoms. The van der Waals surface area contributed by atoms with E-state index in [0.717, 1.165) is 0 Å². The third kappa shape index (κ3) is 2.71. The smallest absolute Gasteiger partial charge is 0.258 e. The number of aliphatic hydroxyl groups is 1. The molecule has 2 aromatic rings. The average Bonchev–Trinajstić information content (AvgIpc) is 2.54. The van der Waals surface area contributed by atoms with Crippen molar-refractivity contribution in [3.05, 3.63) is 65.7 Å². The van der Waals surface area contributed by atoms with Crippen molar-refractivity contribution in [2.75, 3.05) is 11.9 Å². The van der Waals surface area contributed by atoms with Crippen LogP contribution >= 0.6 is 0 Å². The Bertz CT molecular complexity index is 700. The predicted octanol–water partition coefficient (Wildman–Crippen LogP) is 1.39. The minimum absolute atomic E-state index is 0.153. The fourth-order valence-electron chi connectivity index (χ4n) is 2.25. The summed E-state index contributed by atoms with van der Waals surface area (Å²) < 4.78 is 0. The van der Waals surface area contributed by atoms with Crippen LogP contribution in [-0.4, -0.2) is 24.0 Å². The minimum atomic E-state index is -1.95. The summed E-state index contributed by atoms with van der Waals surface area (Å²) in [6.45, 7) is 1.43. The van der Waals surface area contributed by atoms with E-state index in [9.17, 15) is 14.7 Å². The van der Waals surface area contributed by atoms with Gasteiger partial charge in [-0.3, -0.25) is 9.59 Å². The molecule has 2 rings (SSSR count). The molecule has 2 aromatic carbocycles. The molecule has 0 aromatic heterocycles. The Morgan fingerprint density at radius 1 is 1.05 bits per heavy atom. The fraction of sp³-hybridized carbons (Fsp3) is 0.176. The van der Waals surface area contributed by atoms with Crippen LogP contribution < -0.4 is 10.6 Å². The highest BCUT2D eigenvalue weighted by atomic mass is 16.3. The Morgan fingerprint density at radius 2 is 1.64 bits per heavy atom. The quantitative estimate of drug-likeness (QED) is 0.894. The van der Waals surface area contributed by atoms with E-state index in [1.165, 1.54) is 11.8 Å². The summed E-state index contributed by atoms with van der Waals surface area (Å²) in [5, 5.41) is 10.9. The van der Waals surface area contributed by atoms with Crippen LogP contribution in [0.25, 0.3) is 0 Å². The molecule has 1 unspecified atom stereocenters. The Balaban J connectivity index is 2.58. The Labute approximate surface area is 129 Å². The first-order valence-electron chi connectivity index (χ1n) is 6.80. The lowest BCUT2D eigenvalue weighted by Crippen LogP contribution is -2.42. The molecule has 0 fully saturated rings. The monoisotopic (exact) mass is 298 g/mol. The van der Waals surface area contributed by atoms with Crippen molar-refractivity contribution in [1.29, 1.82) is 0 Å². The van der Waals surface area contributed by atoms with E-state index in [-0.39, 0.29) is 5.91 Å². The number of nitrogens with zero attached hydrogens (tertiary/aromatic N) is 1. The second-order valence-corrected chi connectivity index (χ2v) is 5.07. The molecule has 0 aliphatic carbocycles. The lowest BCUT2D eigenvalue weighted by Gasteiger charge is -2.27. The van der Waals surface area contributed by atoms with Gasteiger partial charge in [0, 0.05) is 19.7 Å². The standard InChI is InChI=1S/C17H18N2O3/c1-12(20)19(2)15-10-6-9-14(11-15)17(22,16(18)21)13-7-4-3-5-8-13/h3-11,22H,1-2H3,(H2,18,21). The van der Waals surface area contributed by atoms with Crippen molar-refractivity contribution in [2.24, 2.45) is 5.73 Å². The maximum Gasteiger partial charge on any atom is 0.258 e. The molecule has 0 aliphatic rings. The molecule has 2 amide bonds. The van der Waals surface area contributed by atoms with E-state index >= 15 is 0 Å². The number of benzene rings is 2. The Kier molecular flexibility index (Phi) is 4.28. The van der Waals surface area contributed by atoms with Gasteiger partial charge in [0.25, 0.3) is 5.91 Å². The highest BCUT2D eigenvalue weighted by Crippen LogP contribution is 2.31. The molecule has 0 bridgehead atoms. The van der Waals surface area contributed by atoms with Gasteiger partial charge in [-0.15, -0.1) is 0 Å². The van der Waals surface area contributed by atoms with E-state index in [1.807, 2.05) is 0 Å². The van der Waals surface area contributed by atoms with Gasteiger partial charge in [0.15, 0.2) is 5.60 Å². The zero-order valence-electron chi connectivity index (χ0n) is 12.5. The van der Waals surface area contributed by atoms with Gasteiger partial charge in [-0.2, -0.15) is 0 Å². The Hall–Kier alpha value is -2.66. The van der Waals surface area contributed by atoms with Gasteiger partial charge >= 0.3 is 0 Å². The fourth-order valence-corrected chi connectivity index (χ4v) is 2.25. The van der Waals surface area contributed by atoms with E-state index in [1.54, 1.807) is 61.6 Å². The van der Waals surface area contributed by atoms with Crippen molar-refractivity contribution < 1.29 is 14.7 Å². The van der Waals surface area contributed by atoms with Crippen molar-refractivity contribution in [3.8, 4) is 0 Å². The van der Waals surface area contributed by atoms with Gasteiger partial charge in [-0.1, -0.05) is 42.5 Å². The van der Waals surface area contributed by atoms with Gasteiger partial charge in [0.05, 0.1) is 0 Å². The number of primary amides is 1. The van der Waals surface area contributed by atoms with Crippen LogP contribution in [-0.2, 0) is 15.2 Å². The molecule has 1 atom stereocenters. The first-order valence-corrected chi connectivity index (χ1v) is 6.80. The molecule has 0 saturated carbocycles. The summed E-state index contributed by atoms with van der Waals surface area (Å²) in [5.74, 6) is -1.03. The minimum Gasteiger partial charge on any atom is -0.372 e. The van der Waals surface area contributed by atoms with Gasteiger partial charge < -0.3 is 15.7 Å². The molecule has 5 nitrogen and oxygen atoms in total. The number of nitrogens with two attached hydrogens (primary N) is 1. The van der Waals surface area contributed by atoms with Crippen molar-refractivity contribution in [3.63, 3.8) is 0 Å². The molecule has 0 radical (unpaired) electrons. The topological polar surface area (TPSA) is 83.6 Å². The first kappa shape index (κ1) is 15.7. The van der Waals surface area contributed by atoms with Crippen molar-refractivity contribution in [1.82, 2.24) is 0 Å². The van der Waals surface area contributed by atoms with Gasteiger partial charge in [-0.25, -0.2) is 0 Å². The molecular weight excluding hydrogens is 280 g/mol. The number of rotatable bonds is 4. The van der Waals surface area contributed by atoms with Crippen LogP contribution in [0.15, 0.2) is 54.6 Å². The Morgan fingerprint density at radius 3 is 2.18 bits per heavy atom. The third-order valence-corrected chi connectivity index (χ3v) is 3.67. The van der Waals surface area contributed by atoms with Crippen LogP contribution in [0.2, 0.25) is 0 Å². The summed E-state index contributed by atoms with van der Waals surface area (Å²) in [6.07, 6.45) is 0. The first-order chi connectivity index (χ1) is 10.4. The largest absolute Gasteiger partial charge is 0.372 e. The highest BCUT2D eigenvalue weighted by Gasteiger charge is 2.38. The van der Waals surface area contributed by atoms with Crippen molar-refractivity contribution >= 4 is 17.5 Å².